The molecule has 0 unspecified atom stereocenters. The number of rotatable bonds is 7. The van der Waals surface area contributed by atoms with E-state index < -0.39 is 56.4 Å². The predicted octanol–water partition coefficient (Wildman–Crippen LogP) is 3.87. The molecule has 12 nitrogen and oxygen atoms in total. The SMILES string of the molecule is COc1ccc2c(O[C@H]3C[C@H]4C(=O)NCCCC/C=C\[C@@H]5C[C@@]5(C(=O)NS(=O)(=O)C5CC5)NC(=O)[C@@H]4C3)nc(-c3cccc(F)c3)nc2c1C. The van der Waals surface area contributed by atoms with Crippen molar-refractivity contribution in [2.24, 2.45) is 17.8 Å². The highest BCUT2D eigenvalue weighted by Gasteiger charge is 2.62. The molecule has 5 atom stereocenters. The standard InChI is InChI=1S/C36H40FN5O7S/c1-20-29(48-2)14-13-26-30(20)39-31(21-8-7-10-23(37)16-21)40-34(26)49-24-17-27-28(18-24)33(44)41-36(35(45)42-50(46,47)25-11-12-25)19-22(36)9-5-3-4-6-15-38-32(27)43/h5,7-10,13-14,16,22,24-25,27-28H,3-4,6,11-12,15,17-19H2,1-2H3,(H,38,43)(H,41,44)(H,42,45)/b9-5-/t22-,24+,27-,28-,36-/m1/s1. The molecule has 0 radical (unpaired) electrons. The lowest BCUT2D eigenvalue weighted by atomic mass is 9.93. The van der Waals surface area contributed by atoms with Crippen LogP contribution >= 0.6 is 0 Å². The number of aromatic nitrogens is 2. The third kappa shape index (κ3) is 6.64. The van der Waals surface area contributed by atoms with Gasteiger partial charge in [0.1, 0.15) is 23.2 Å². The van der Waals surface area contributed by atoms with Gasteiger partial charge in [0.25, 0.3) is 5.91 Å². The molecule has 0 bridgehead atoms. The van der Waals surface area contributed by atoms with Crippen molar-refractivity contribution >= 4 is 38.6 Å². The summed E-state index contributed by atoms with van der Waals surface area (Å²) in [5.41, 5.74) is 0.285. The zero-order valence-corrected chi connectivity index (χ0v) is 28.7. The van der Waals surface area contributed by atoms with Crippen LogP contribution in [0.2, 0.25) is 0 Å². The van der Waals surface area contributed by atoms with Crippen molar-refractivity contribution in [3.05, 3.63) is 59.9 Å². The van der Waals surface area contributed by atoms with Gasteiger partial charge in [0.15, 0.2) is 5.82 Å². The molecular formula is C36H40FN5O7S. The van der Waals surface area contributed by atoms with Gasteiger partial charge in [-0.2, -0.15) is 4.98 Å². The number of amides is 3. The molecule has 2 heterocycles. The lowest BCUT2D eigenvalue weighted by Gasteiger charge is -2.23. The molecular weight excluding hydrogens is 665 g/mol. The Balaban J connectivity index is 1.20. The van der Waals surface area contributed by atoms with Crippen molar-refractivity contribution in [3.8, 4) is 23.0 Å². The molecule has 7 rings (SSSR count). The Hall–Kier alpha value is -4.59. The van der Waals surface area contributed by atoms with Gasteiger partial charge in [-0.05, 0) is 82.6 Å². The average Bonchev–Trinajstić information content (AvgIpc) is 4.01. The number of methoxy groups -OCH3 is 1. The first-order chi connectivity index (χ1) is 24.0. The van der Waals surface area contributed by atoms with Crippen LogP contribution in [0.15, 0.2) is 48.6 Å². The lowest BCUT2D eigenvalue weighted by Crippen LogP contribution is -2.54. The van der Waals surface area contributed by atoms with E-state index in [1.165, 1.54) is 12.1 Å². The normalized spacial score (nSPS) is 27.6. The van der Waals surface area contributed by atoms with E-state index in [1.807, 2.05) is 19.1 Å². The van der Waals surface area contributed by atoms with Crippen LogP contribution in [0, 0.1) is 30.5 Å². The number of ether oxygens (including phenoxy) is 2. The van der Waals surface area contributed by atoms with Crippen molar-refractivity contribution in [2.75, 3.05) is 13.7 Å². The summed E-state index contributed by atoms with van der Waals surface area (Å²) in [6, 6.07) is 9.47. The maximum absolute atomic E-state index is 14.2. The van der Waals surface area contributed by atoms with Gasteiger partial charge in [0.2, 0.25) is 27.7 Å². The number of aryl methyl sites for hydroxylation is 1. The highest BCUT2D eigenvalue weighted by molar-refractivity contribution is 7.91. The molecule has 2 aromatic carbocycles. The molecule has 1 aliphatic heterocycles. The number of hydrogen-bond donors (Lipinski definition) is 3. The monoisotopic (exact) mass is 705 g/mol. The smallest absolute Gasteiger partial charge is 0.259 e. The molecule has 14 heteroatoms. The molecule has 264 valence electrons. The molecule has 4 aliphatic rings. The summed E-state index contributed by atoms with van der Waals surface area (Å²) in [6.45, 7) is 2.30. The highest BCUT2D eigenvalue weighted by Crippen LogP contribution is 2.47. The molecule has 3 aliphatic carbocycles. The van der Waals surface area contributed by atoms with E-state index in [2.05, 4.69) is 20.3 Å². The van der Waals surface area contributed by atoms with Crippen molar-refractivity contribution in [1.29, 1.82) is 0 Å². The largest absolute Gasteiger partial charge is 0.496 e. The summed E-state index contributed by atoms with van der Waals surface area (Å²) in [4.78, 5) is 50.6. The Bertz CT molecular complexity index is 2000. The number of carbonyl (C=O) groups excluding carboxylic acids is 3. The number of hydrogen-bond acceptors (Lipinski definition) is 9. The molecule has 3 amide bonds. The topological polar surface area (TPSA) is 166 Å². The molecule has 3 fully saturated rings. The zero-order chi connectivity index (χ0) is 35.2. The van der Waals surface area contributed by atoms with E-state index in [0.717, 1.165) is 24.8 Å². The second-order valence-electron chi connectivity index (χ2n) is 13.7. The highest BCUT2D eigenvalue weighted by atomic mass is 32.2. The van der Waals surface area contributed by atoms with E-state index >= 15 is 0 Å². The number of halogens is 1. The van der Waals surface area contributed by atoms with Crippen molar-refractivity contribution in [2.45, 2.75) is 75.2 Å². The van der Waals surface area contributed by atoms with E-state index in [0.29, 0.717) is 41.6 Å². The minimum absolute atomic E-state index is 0.137. The van der Waals surface area contributed by atoms with Gasteiger partial charge in [-0.1, -0.05) is 24.3 Å². The first-order valence-electron chi connectivity index (χ1n) is 17.1. The van der Waals surface area contributed by atoms with Crippen LogP contribution in [0.4, 0.5) is 4.39 Å². The maximum Gasteiger partial charge on any atom is 0.259 e. The third-order valence-corrected chi connectivity index (χ3v) is 12.1. The fourth-order valence-electron chi connectivity index (χ4n) is 7.14. The molecule has 1 aromatic heterocycles. The van der Waals surface area contributed by atoms with Crippen molar-refractivity contribution in [1.82, 2.24) is 25.3 Å². The predicted molar refractivity (Wildman–Crippen MR) is 182 cm³/mol. The lowest BCUT2D eigenvalue weighted by molar-refractivity contribution is -0.136. The van der Waals surface area contributed by atoms with E-state index in [-0.39, 0.29) is 42.8 Å². The summed E-state index contributed by atoms with van der Waals surface area (Å²) in [5.74, 6) is -2.98. The Kier molecular flexibility index (Phi) is 8.99. The summed E-state index contributed by atoms with van der Waals surface area (Å²) in [5, 5.41) is 5.84. The zero-order valence-electron chi connectivity index (χ0n) is 27.9. The quantitative estimate of drug-likeness (QED) is 0.310. The van der Waals surface area contributed by atoms with Crippen LogP contribution in [0.1, 0.15) is 56.9 Å². The van der Waals surface area contributed by atoms with E-state index in [9.17, 15) is 27.2 Å². The third-order valence-electron chi connectivity index (χ3n) is 10.2. The van der Waals surface area contributed by atoms with Crippen LogP contribution in [0.25, 0.3) is 22.3 Å². The Morgan fingerprint density at radius 3 is 2.58 bits per heavy atom. The van der Waals surface area contributed by atoms with Crippen LogP contribution in [-0.2, 0) is 24.4 Å². The summed E-state index contributed by atoms with van der Waals surface area (Å²) in [6.07, 6.45) is 7.01. The fraction of sp³-hybridized carbons (Fsp3) is 0.472. The number of allylic oxidation sites excluding steroid dienone is 1. The van der Waals surface area contributed by atoms with Gasteiger partial charge in [-0.3, -0.25) is 19.1 Å². The minimum atomic E-state index is -3.85. The molecule has 50 heavy (non-hydrogen) atoms. The Morgan fingerprint density at radius 2 is 1.84 bits per heavy atom. The van der Waals surface area contributed by atoms with Crippen LogP contribution in [0.5, 0.6) is 11.6 Å². The van der Waals surface area contributed by atoms with Gasteiger partial charge >= 0.3 is 0 Å². The number of benzene rings is 2. The fourth-order valence-corrected chi connectivity index (χ4v) is 8.51. The van der Waals surface area contributed by atoms with Gasteiger partial charge in [0.05, 0.1) is 35.1 Å². The summed E-state index contributed by atoms with van der Waals surface area (Å²) in [7, 11) is -2.29. The number of nitrogens with one attached hydrogen (secondary N) is 3. The molecule has 3 N–H and O–H groups in total. The number of carbonyl (C=O) groups is 3. The van der Waals surface area contributed by atoms with Crippen molar-refractivity contribution < 1.29 is 36.7 Å². The second kappa shape index (κ2) is 13.3. The second-order valence-corrected chi connectivity index (χ2v) is 15.7. The van der Waals surface area contributed by atoms with Gasteiger partial charge in [0, 0.05) is 23.6 Å². The molecule has 3 aromatic rings. The summed E-state index contributed by atoms with van der Waals surface area (Å²) < 4.78 is 53.9. The maximum atomic E-state index is 14.2. The molecule has 0 spiro atoms. The number of nitrogens with zero attached hydrogens (tertiary/aromatic N) is 2. The molecule has 0 saturated heterocycles. The first-order valence-corrected chi connectivity index (χ1v) is 18.6. The van der Waals surface area contributed by atoms with Crippen LogP contribution < -0.4 is 24.8 Å². The van der Waals surface area contributed by atoms with Gasteiger partial charge < -0.3 is 20.1 Å². The summed E-state index contributed by atoms with van der Waals surface area (Å²) >= 11 is 0. The van der Waals surface area contributed by atoms with Crippen LogP contribution in [-0.4, -0.2) is 66.7 Å². The van der Waals surface area contributed by atoms with E-state index in [1.54, 1.807) is 31.4 Å². The number of fused-ring (bicyclic) bond motifs is 3. The minimum Gasteiger partial charge on any atom is -0.496 e. The van der Waals surface area contributed by atoms with Crippen molar-refractivity contribution in [3.63, 3.8) is 0 Å². The Labute approximate surface area is 289 Å². The van der Waals surface area contributed by atoms with Gasteiger partial charge in [-0.15, -0.1) is 0 Å². The van der Waals surface area contributed by atoms with Crippen LogP contribution in [0.3, 0.4) is 0 Å². The van der Waals surface area contributed by atoms with E-state index in [4.69, 9.17) is 14.5 Å². The van der Waals surface area contributed by atoms with Gasteiger partial charge in [-0.25, -0.2) is 17.8 Å². The number of sulfonamides is 1. The molecule has 3 saturated carbocycles. The first kappa shape index (κ1) is 33.9. The average molecular weight is 706 g/mol. The Morgan fingerprint density at radius 1 is 1.06 bits per heavy atom.